The van der Waals surface area contributed by atoms with Crippen LogP contribution in [0.3, 0.4) is 0 Å². The first kappa shape index (κ1) is 11.1. The van der Waals surface area contributed by atoms with Crippen molar-refractivity contribution in [1.82, 2.24) is 4.98 Å². The van der Waals surface area contributed by atoms with Crippen molar-refractivity contribution in [3.63, 3.8) is 0 Å². The fourth-order valence-electron chi connectivity index (χ4n) is 1.29. The van der Waals surface area contributed by atoms with E-state index in [9.17, 15) is 13.2 Å². The topological polar surface area (TPSA) is 12.9 Å². The minimum absolute atomic E-state index is 0.635. The van der Waals surface area contributed by atoms with Crippen molar-refractivity contribution < 1.29 is 13.2 Å². The maximum Gasteiger partial charge on any atom is 0.416 e. The summed E-state index contributed by atoms with van der Waals surface area (Å²) in [6.07, 6.45) is -4.28. The number of thiazole rings is 1. The molecular weight excluding hydrogens is 235 g/mol. The van der Waals surface area contributed by atoms with Crippen LogP contribution in [0, 0.1) is 6.92 Å². The Hall–Kier alpha value is -1.36. The molecule has 0 saturated carbocycles. The zero-order valence-corrected chi connectivity index (χ0v) is 9.19. The van der Waals surface area contributed by atoms with Gasteiger partial charge in [-0.3, -0.25) is 0 Å². The van der Waals surface area contributed by atoms with Gasteiger partial charge in [-0.15, -0.1) is 11.3 Å². The van der Waals surface area contributed by atoms with Crippen molar-refractivity contribution in [1.29, 1.82) is 0 Å². The van der Waals surface area contributed by atoms with Gasteiger partial charge in [-0.2, -0.15) is 13.2 Å². The van der Waals surface area contributed by atoms with E-state index in [2.05, 4.69) is 4.98 Å². The van der Waals surface area contributed by atoms with Crippen LogP contribution in [-0.4, -0.2) is 4.98 Å². The number of hydrogen-bond acceptors (Lipinski definition) is 2. The van der Waals surface area contributed by atoms with Crippen molar-refractivity contribution >= 4 is 11.3 Å². The maximum absolute atomic E-state index is 12.3. The maximum atomic E-state index is 12.3. The van der Waals surface area contributed by atoms with Crippen LogP contribution < -0.4 is 0 Å². The fourth-order valence-corrected chi connectivity index (χ4v) is 2.09. The highest BCUT2D eigenvalue weighted by Crippen LogP contribution is 2.31. The van der Waals surface area contributed by atoms with Gasteiger partial charge in [0.05, 0.1) is 5.56 Å². The summed E-state index contributed by atoms with van der Waals surface area (Å²) in [4.78, 5) is 4.21. The summed E-state index contributed by atoms with van der Waals surface area (Å²) in [6, 6.07) is 5.04. The van der Waals surface area contributed by atoms with E-state index < -0.39 is 11.7 Å². The molecule has 0 bridgehead atoms. The fraction of sp³-hybridized carbons (Fsp3) is 0.182. The molecule has 0 radical (unpaired) electrons. The number of nitrogens with zero attached hydrogens (tertiary/aromatic N) is 1. The van der Waals surface area contributed by atoms with Crippen LogP contribution in [0.1, 0.15) is 11.3 Å². The molecule has 2 rings (SSSR count). The van der Waals surface area contributed by atoms with Gasteiger partial charge in [-0.25, -0.2) is 4.98 Å². The Labute approximate surface area is 94.6 Å². The first-order valence-corrected chi connectivity index (χ1v) is 5.44. The normalized spacial score (nSPS) is 11.8. The largest absolute Gasteiger partial charge is 0.416 e. The smallest absolute Gasteiger partial charge is 0.241 e. The monoisotopic (exact) mass is 243 g/mol. The Morgan fingerprint density at radius 1 is 1.12 bits per heavy atom. The van der Waals surface area contributed by atoms with E-state index in [0.717, 1.165) is 22.8 Å². The summed E-state index contributed by atoms with van der Waals surface area (Å²) in [5.74, 6) is 0. The summed E-state index contributed by atoms with van der Waals surface area (Å²) in [5, 5.41) is 2.61. The molecule has 0 amide bonds. The predicted octanol–water partition coefficient (Wildman–Crippen LogP) is 4.14. The molecule has 0 aliphatic rings. The van der Waals surface area contributed by atoms with Gasteiger partial charge in [0.1, 0.15) is 5.01 Å². The number of benzene rings is 1. The van der Waals surface area contributed by atoms with Gasteiger partial charge in [-0.1, -0.05) is 12.1 Å². The van der Waals surface area contributed by atoms with Gasteiger partial charge in [0.15, 0.2) is 0 Å². The molecule has 1 aromatic carbocycles. The summed E-state index contributed by atoms with van der Waals surface area (Å²) in [5.41, 5.74) is 0.954. The molecule has 2 aromatic rings. The Morgan fingerprint density at radius 3 is 2.19 bits per heavy atom. The third kappa shape index (κ3) is 2.24. The Morgan fingerprint density at radius 2 is 1.75 bits per heavy atom. The van der Waals surface area contributed by atoms with Crippen molar-refractivity contribution in [2.24, 2.45) is 0 Å². The van der Waals surface area contributed by atoms with Crippen molar-refractivity contribution in [2.75, 3.05) is 0 Å². The molecule has 1 aromatic heterocycles. The molecule has 0 atom stereocenters. The van der Waals surface area contributed by atoms with Crippen LogP contribution in [0.15, 0.2) is 29.6 Å². The quantitative estimate of drug-likeness (QED) is 0.733. The molecule has 0 saturated heterocycles. The van der Waals surface area contributed by atoms with Crippen LogP contribution in [0.25, 0.3) is 10.6 Å². The predicted molar refractivity (Wildman–Crippen MR) is 57.3 cm³/mol. The average molecular weight is 243 g/mol. The average Bonchev–Trinajstić information content (AvgIpc) is 2.64. The Bertz CT molecular complexity index is 485. The second-order valence-corrected chi connectivity index (χ2v) is 4.23. The van der Waals surface area contributed by atoms with E-state index in [4.69, 9.17) is 0 Å². The first-order valence-electron chi connectivity index (χ1n) is 4.56. The summed E-state index contributed by atoms with van der Waals surface area (Å²) in [7, 11) is 0. The van der Waals surface area contributed by atoms with E-state index in [-0.39, 0.29) is 0 Å². The van der Waals surface area contributed by atoms with E-state index in [1.54, 1.807) is 0 Å². The Kier molecular flexibility index (Phi) is 2.71. The molecule has 0 spiro atoms. The lowest BCUT2D eigenvalue weighted by molar-refractivity contribution is -0.137. The number of hydrogen-bond donors (Lipinski definition) is 0. The number of rotatable bonds is 1. The second kappa shape index (κ2) is 3.90. The summed E-state index contributed by atoms with van der Waals surface area (Å²) < 4.78 is 36.9. The van der Waals surface area contributed by atoms with Crippen LogP contribution in [0.2, 0.25) is 0 Å². The highest BCUT2D eigenvalue weighted by atomic mass is 32.1. The van der Waals surface area contributed by atoms with E-state index >= 15 is 0 Å². The minimum atomic E-state index is -4.28. The van der Waals surface area contributed by atoms with E-state index in [1.807, 2.05) is 12.3 Å². The van der Waals surface area contributed by atoms with Gasteiger partial charge in [0, 0.05) is 16.6 Å². The van der Waals surface area contributed by atoms with Gasteiger partial charge < -0.3 is 0 Å². The summed E-state index contributed by atoms with van der Waals surface area (Å²) >= 11 is 1.42. The summed E-state index contributed by atoms with van der Waals surface area (Å²) in [6.45, 7) is 1.85. The van der Waals surface area contributed by atoms with Gasteiger partial charge >= 0.3 is 6.18 Å². The third-order valence-electron chi connectivity index (χ3n) is 2.08. The standard InChI is InChI=1S/C11H8F3NS/c1-7-6-16-10(15-7)8-2-4-9(5-3-8)11(12,13)14/h2-6H,1H3. The second-order valence-electron chi connectivity index (χ2n) is 3.37. The third-order valence-corrected chi connectivity index (χ3v) is 3.09. The molecule has 0 aliphatic carbocycles. The van der Waals surface area contributed by atoms with Crippen molar-refractivity contribution in [2.45, 2.75) is 13.1 Å². The molecule has 0 fully saturated rings. The molecule has 84 valence electrons. The first-order chi connectivity index (χ1) is 7.47. The molecule has 0 aliphatic heterocycles. The zero-order chi connectivity index (χ0) is 11.8. The lowest BCUT2D eigenvalue weighted by Crippen LogP contribution is -2.03. The molecule has 0 unspecified atom stereocenters. The lowest BCUT2D eigenvalue weighted by Gasteiger charge is -2.06. The molecule has 1 nitrogen and oxygen atoms in total. The van der Waals surface area contributed by atoms with Crippen molar-refractivity contribution in [3.8, 4) is 10.6 Å². The lowest BCUT2D eigenvalue weighted by atomic mass is 10.1. The number of alkyl halides is 3. The van der Waals surface area contributed by atoms with Crippen LogP contribution >= 0.6 is 11.3 Å². The van der Waals surface area contributed by atoms with Crippen LogP contribution in [0.4, 0.5) is 13.2 Å². The number of aromatic nitrogens is 1. The van der Waals surface area contributed by atoms with Crippen LogP contribution in [0.5, 0.6) is 0 Å². The highest BCUT2D eigenvalue weighted by Gasteiger charge is 2.30. The molecule has 5 heteroatoms. The molecule has 1 heterocycles. The number of aryl methyl sites for hydroxylation is 1. The van der Waals surface area contributed by atoms with Gasteiger partial charge in [0.2, 0.25) is 0 Å². The highest BCUT2D eigenvalue weighted by molar-refractivity contribution is 7.13. The van der Waals surface area contributed by atoms with E-state index in [0.29, 0.717) is 5.56 Å². The van der Waals surface area contributed by atoms with E-state index in [1.165, 1.54) is 23.5 Å². The SMILES string of the molecule is Cc1csc(-c2ccc(C(F)(F)F)cc2)n1. The van der Waals surface area contributed by atoms with Crippen molar-refractivity contribution in [3.05, 3.63) is 40.9 Å². The number of halogens is 3. The van der Waals surface area contributed by atoms with Gasteiger partial charge in [-0.05, 0) is 19.1 Å². The minimum Gasteiger partial charge on any atom is -0.241 e. The molecule has 0 N–H and O–H groups in total. The van der Waals surface area contributed by atoms with Crippen LogP contribution in [-0.2, 0) is 6.18 Å². The molecular formula is C11H8F3NS. The van der Waals surface area contributed by atoms with Gasteiger partial charge in [0.25, 0.3) is 0 Å². The molecule has 16 heavy (non-hydrogen) atoms. The zero-order valence-electron chi connectivity index (χ0n) is 8.38. The Balaban J connectivity index is 2.33.